The zero-order valence-electron chi connectivity index (χ0n) is 13.6. The summed E-state index contributed by atoms with van der Waals surface area (Å²) in [4.78, 5) is 14.5. The highest BCUT2D eigenvalue weighted by molar-refractivity contribution is 5.95. The van der Waals surface area contributed by atoms with Gasteiger partial charge in [0.15, 0.2) is 0 Å². The van der Waals surface area contributed by atoms with Crippen LogP contribution in [-0.4, -0.2) is 29.9 Å². The zero-order valence-corrected chi connectivity index (χ0v) is 14.4. The fraction of sp³-hybridized carbons (Fsp3) is 0.316. The van der Waals surface area contributed by atoms with E-state index in [9.17, 15) is 4.79 Å². The molecule has 0 saturated carbocycles. The van der Waals surface area contributed by atoms with E-state index in [4.69, 9.17) is 10.5 Å². The van der Waals surface area contributed by atoms with Gasteiger partial charge < -0.3 is 15.4 Å². The van der Waals surface area contributed by atoms with E-state index in [1.807, 2.05) is 59.5 Å². The number of nitrogens with zero attached hydrogens (tertiary/aromatic N) is 1. The third-order valence-corrected chi connectivity index (χ3v) is 4.24. The number of ether oxygens (including phenoxy) is 1. The first kappa shape index (κ1) is 18.3. The molecule has 2 N–H and O–H groups in total. The molecule has 0 bridgehead atoms. The van der Waals surface area contributed by atoms with Crippen molar-refractivity contribution in [3.63, 3.8) is 0 Å². The van der Waals surface area contributed by atoms with Crippen molar-refractivity contribution in [2.75, 3.05) is 13.1 Å². The maximum atomic E-state index is 12.7. The van der Waals surface area contributed by atoms with Crippen LogP contribution in [0.1, 0.15) is 28.8 Å². The fourth-order valence-electron chi connectivity index (χ4n) is 2.97. The maximum Gasteiger partial charge on any atom is 0.254 e. The minimum absolute atomic E-state index is 0. The minimum atomic E-state index is 0. The van der Waals surface area contributed by atoms with Crippen LogP contribution < -0.4 is 10.5 Å². The van der Waals surface area contributed by atoms with Gasteiger partial charge in [-0.3, -0.25) is 4.79 Å². The molecular weight excluding hydrogens is 324 g/mol. The van der Waals surface area contributed by atoms with Gasteiger partial charge >= 0.3 is 0 Å². The number of amides is 1. The van der Waals surface area contributed by atoms with E-state index in [2.05, 4.69) is 0 Å². The lowest BCUT2D eigenvalue weighted by Gasteiger charge is -2.23. The summed E-state index contributed by atoms with van der Waals surface area (Å²) < 4.78 is 5.80. The number of carbonyl (C=O) groups excluding carboxylic acids is 1. The van der Waals surface area contributed by atoms with E-state index < -0.39 is 0 Å². The van der Waals surface area contributed by atoms with Crippen molar-refractivity contribution in [3.05, 3.63) is 65.7 Å². The molecule has 128 valence electrons. The van der Waals surface area contributed by atoms with Crippen LogP contribution >= 0.6 is 12.4 Å². The molecular formula is C19H23ClN2O2. The lowest BCUT2D eigenvalue weighted by Crippen LogP contribution is -2.39. The van der Waals surface area contributed by atoms with Crippen LogP contribution in [0.15, 0.2) is 54.6 Å². The van der Waals surface area contributed by atoms with E-state index >= 15 is 0 Å². The van der Waals surface area contributed by atoms with Crippen molar-refractivity contribution in [2.24, 2.45) is 5.73 Å². The van der Waals surface area contributed by atoms with Crippen molar-refractivity contribution in [1.82, 2.24) is 4.90 Å². The summed E-state index contributed by atoms with van der Waals surface area (Å²) in [6.07, 6.45) is 2.02. The van der Waals surface area contributed by atoms with Gasteiger partial charge in [-0.05, 0) is 36.6 Å². The Balaban J connectivity index is 0.00000208. The summed E-state index contributed by atoms with van der Waals surface area (Å²) in [7, 11) is 0. The Hall–Kier alpha value is -2.04. The van der Waals surface area contributed by atoms with Crippen molar-refractivity contribution >= 4 is 18.3 Å². The lowest BCUT2D eigenvalue weighted by molar-refractivity contribution is 0.0740. The van der Waals surface area contributed by atoms with Gasteiger partial charge in [-0.25, -0.2) is 0 Å². The Bertz CT molecular complexity index is 663. The van der Waals surface area contributed by atoms with Gasteiger partial charge in [0.2, 0.25) is 0 Å². The van der Waals surface area contributed by atoms with Crippen LogP contribution in [0.5, 0.6) is 5.75 Å². The highest BCUT2D eigenvalue weighted by Gasteiger charge is 2.28. The third-order valence-electron chi connectivity index (χ3n) is 4.24. The number of carbonyl (C=O) groups is 1. The van der Waals surface area contributed by atoms with Crippen molar-refractivity contribution in [2.45, 2.75) is 25.5 Å². The lowest BCUT2D eigenvalue weighted by atomic mass is 10.1. The first-order chi connectivity index (χ1) is 11.3. The summed E-state index contributed by atoms with van der Waals surface area (Å²) in [5, 5.41) is 0. The molecule has 1 atom stereocenters. The molecule has 24 heavy (non-hydrogen) atoms. The molecule has 1 amide bonds. The van der Waals surface area contributed by atoms with E-state index in [0.29, 0.717) is 24.5 Å². The van der Waals surface area contributed by atoms with E-state index in [-0.39, 0.29) is 24.4 Å². The molecule has 1 aliphatic rings. The van der Waals surface area contributed by atoms with Crippen LogP contribution in [-0.2, 0) is 6.61 Å². The van der Waals surface area contributed by atoms with E-state index in [1.54, 1.807) is 0 Å². The van der Waals surface area contributed by atoms with Gasteiger partial charge in [0.1, 0.15) is 12.4 Å². The molecule has 2 aromatic rings. The Labute approximate surface area is 149 Å². The Morgan fingerprint density at radius 1 is 1.17 bits per heavy atom. The SMILES string of the molecule is Cl.NCC1CCCN1C(=O)c1cccc(OCc2ccccc2)c1. The first-order valence-corrected chi connectivity index (χ1v) is 8.06. The van der Waals surface area contributed by atoms with Gasteiger partial charge in [-0.1, -0.05) is 36.4 Å². The monoisotopic (exact) mass is 346 g/mol. The van der Waals surface area contributed by atoms with Gasteiger partial charge in [-0.15, -0.1) is 12.4 Å². The molecule has 2 aromatic carbocycles. The standard InChI is InChI=1S/C19H22N2O2.ClH/c20-13-17-9-5-11-21(17)19(22)16-8-4-10-18(12-16)23-14-15-6-2-1-3-7-15;/h1-4,6-8,10,12,17H,5,9,11,13-14,20H2;1H. The molecule has 4 nitrogen and oxygen atoms in total. The van der Waals surface area contributed by atoms with Gasteiger partial charge in [0.25, 0.3) is 5.91 Å². The molecule has 1 fully saturated rings. The first-order valence-electron chi connectivity index (χ1n) is 8.06. The second-order valence-electron chi connectivity index (χ2n) is 5.83. The highest BCUT2D eigenvalue weighted by Crippen LogP contribution is 2.22. The van der Waals surface area contributed by atoms with Crippen LogP contribution in [0.2, 0.25) is 0 Å². The van der Waals surface area contributed by atoms with Crippen LogP contribution in [0.25, 0.3) is 0 Å². The Morgan fingerprint density at radius 3 is 2.71 bits per heavy atom. The summed E-state index contributed by atoms with van der Waals surface area (Å²) in [6, 6.07) is 17.5. The van der Waals surface area contributed by atoms with E-state index in [1.165, 1.54) is 0 Å². The van der Waals surface area contributed by atoms with Gasteiger partial charge in [0.05, 0.1) is 0 Å². The van der Waals surface area contributed by atoms with Gasteiger partial charge in [-0.2, -0.15) is 0 Å². The third kappa shape index (κ3) is 4.28. The highest BCUT2D eigenvalue weighted by atomic mass is 35.5. The van der Waals surface area contributed by atoms with Crippen LogP contribution in [0.3, 0.4) is 0 Å². The normalized spacial score (nSPS) is 16.5. The Kier molecular flexibility index (Phi) is 6.64. The van der Waals surface area contributed by atoms with Crippen molar-refractivity contribution in [1.29, 1.82) is 0 Å². The maximum absolute atomic E-state index is 12.7. The predicted molar refractivity (Wildman–Crippen MR) is 97.6 cm³/mol. The summed E-state index contributed by atoms with van der Waals surface area (Å²) in [5.41, 5.74) is 7.53. The number of benzene rings is 2. The molecule has 1 heterocycles. The number of hydrogen-bond acceptors (Lipinski definition) is 3. The molecule has 0 radical (unpaired) electrons. The zero-order chi connectivity index (χ0) is 16.1. The molecule has 0 aliphatic carbocycles. The van der Waals surface area contributed by atoms with Gasteiger partial charge in [0, 0.05) is 24.7 Å². The molecule has 0 aromatic heterocycles. The number of halogens is 1. The topological polar surface area (TPSA) is 55.6 Å². The predicted octanol–water partition coefficient (Wildman–Crippen LogP) is 3.25. The fourth-order valence-corrected chi connectivity index (χ4v) is 2.97. The quantitative estimate of drug-likeness (QED) is 0.904. The second-order valence-corrected chi connectivity index (χ2v) is 5.83. The number of nitrogens with two attached hydrogens (primary N) is 1. The smallest absolute Gasteiger partial charge is 0.254 e. The van der Waals surface area contributed by atoms with E-state index in [0.717, 1.165) is 24.9 Å². The molecule has 1 aliphatic heterocycles. The molecule has 1 unspecified atom stereocenters. The van der Waals surface area contributed by atoms with Crippen LogP contribution in [0.4, 0.5) is 0 Å². The molecule has 0 spiro atoms. The average molecular weight is 347 g/mol. The average Bonchev–Trinajstić information content (AvgIpc) is 3.09. The van der Waals surface area contributed by atoms with Crippen molar-refractivity contribution < 1.29 is 9.53 Å². The minimum Gasteiger partial charge on any atom is -0.489 e. The number of likely N-dealkylation sites (tertiary alicyclic amines) is 1. The Morgan fingerprint density at radius 2 is 1.96 bits per heavy atom. The second kappa shape index (κ2) is 8.71. The summed E-state index contributed by atoms with van der Waals surface area (Å²) >= 11 is 0. The van der Waals surface area contributed by atoms with Crippen LogP contribution in [0, 0.1) is 0 Å². The number of rotatable bonds is 5. The number of hydrogen-bond donors (Lipinski definition) is 1. The molecule has 1 saturated heterocycles. The summed E-state index contributed by atoms with van der Waals surface area (Å²) in [6.45, 7) is 1.80. The molecule has 5 heteroatoms. The largest absolute Gasteiger partial charge is 0.489 e. The molecule has 3 rings (SSSR count). The summed E-state index contributed by atoms with van der Waals surface area (Å²) in [5.74, 6) is 0.756. The van der Waals surface area contributed by atoms with Crippen molar-refractivity contribution in [3.8, 4) is 5.75 Å².